The van der Waals surface area contributed by atoms with Gasteiger partial charge >= 0.3 is 0 Å². The van der Waals surface area contributed by atoms with Crippen LogP contribution in [0.2, 0.25) is 5.15 Å². The minimum atomic E-state index is 0.595. The summed E-state index contributed by atoms with van der Waals surface area (Å²) in [6.07, 6.45) is 7.63. The van der Waals surface area contributed by atoms with Crippen LogP contribution in [0.15, 0.2) is 6.33 Å². The van der Waals surface area contributed by atoms with E-state index >= 15 is 0 Å². The lowest BCUT2D eigenvalue weighted by atomic mass is 10.2. The third-order valence-electron chi connectivity index (χ3n) is 3.43. The highest BCUT2D eigenvalue weighted by atomic mass is 35.5. The zero-order valence-corrected chi connectivity index (χ0v) is 10.7. The molecule has 1 aromatic rings. The van der Waals surface area contributed by atoms with Crippen molar-refractivity contribution in [3.05, 3.63) is 17.0 Å². The molecule has 0 radical (unpaired) electrons. The molecular weight excluding hydrogens is 222 g/mol. The summed E-state index contributed by atoms with van der Waals surface area (Å²) in [4.78, 5) is 10.7. The fraction of sp³-hybridized carbons (Fsp3) is 0.667. The van der Waals surface area contributed by atoms with Crippen LogP contribution in [0.25, 0.3) is 0 Å². The summed E-state index contributed by atoms with van der Waals surface area (Å²) in [7, 11) is 2.12. The van der Waals surface area contributed by atoms with Crippen molar-refractivity contribution in [3.63, 3.8) is 0 Å². The Kier molecular flexibility index (Phi) is 3.64. The van der Waals surface area contributed by atoms with E-state index in [9.17, 15) is 0 Å². The second-order valence-electron chi connectivity index (χ2n) is 4.37. The number of nitrogens with zero attached hydrogens (tertiary/aromatic N) is 3. The van der Waals surface area contributed by atoms with Crippen LogP contribution in [0, 0.1) is 0 Å². The average molecular weight is 240 g/mol. The molecule has 0 amide bonds. The van der Waals surface area contributed by atoms with Crippen LogP contribution in [-0.2, 0) is 6.42 Å². The Morgan fingerprint density at radius 2 is 2.06 bits per heavy atom. The molecule has 16 heavy (non-hydrogen) atoms. The molecule has 0 unspecified atom stereocenters. The monoisotopic (exact) mass is 239 g/mol. The molecule has 1 aliphatic carbocycles. The van der Waals surface area contributed by atoms with Crippen molar-refractivity contribution >= 4 is 17.4 Å². The van der Waals surface area contributed by atoms with Crippen LogP contribution in [0.5, 0.6) is 0 Å². The third-order valence-corrected chi connectivity index (χ3v) is 3.76. The van der Waals surface area contributed by atoms with Gasteiger partial charge in [0.05, 0.1) is 0 Å². The first kappa shape index (κ1) is 11.6. The predicted octanol–water partition coefficient (Wildman–Crippen LogP) is 3.07. The topological polar surface area (TPSA) is 29.0 Å². The smallest absolute Gasteiger partial charge is 0.137 e. The molecule has 1 saturated carbocycles. The van der Waals surface area contributed by atoms with Gasteiger partial charge in [-0.1, -0.05) is 31.4 Å². The van der Waals surface area contributed by atoms with E-state index in [4.69, 9.17) is 11.6 Å². The van der Waals surface area contributed by atoms with Gasteiger partial charge in [-0.05, 0) is 19.3 Å². The van der Waals surface area contributed by atoms with Gasteiger partial charge in [0, 0.05) is 18.7 Å². The lowest BCUT2D eigenvalue weighted by Gasteiger charge is -2.27. The number of aromatic nitrogens is 2. The quantitative estimate of drug-likeness (QED) is 0.760. The summed E-state index contributed by atoms with van der Waals surface area (Å²) in [6, 6.07) is 0.622. The van der Waals surface area contributed by atoms with Crippen molar-refractivity contribution in [1.29, 1.82) is 0 Å². The SMILES string of the molecule is CCc1c(Cl)ncnc1N(C)C1CCCC1. The maximum atomic E-state index is 6.10. The first-order valence-electron chi connectivity index (χ1n) is 5.96. The maximum absolute atomic E-state index is 6.10. The highest BCUT2D eigenvalue weighted by Gasteiger charge is 2.23. The van der Waals surface area contributed by atoms with Gasteiger partial charge in [0.15, 0.2) is 0 Å². The van der Waals surface area contributed by atoms with Gasteiger partial charge in [-0.2, -0.15) is 0 Å². The number of halogens is 1. The number of hydrogen-bond donors (Lipinski definition) is 0. The highest BCUT2D eigenvalue weighted by Crippen LogP contribution is 2.29. The zero-order valence-electron chi connectivity index (χ0n) is 9.91. The Bertz CT molecular complexity index is 361. The molecule has 1 aliphatic rings. The molecular formula is C12H18ClN3. The second-order valence-corrected chi connectivity index (χ2v) is 4.73. The van der Waals surface area contributed by atoms with Crippen LogP contribution < -0.4 is 4.90 Å². The maximum Gasteiger partial charge on any atom is 0.137 e. The van der Waals surface area contributed by atoms with Gasteiger partial charge in [-0.3, -0.25) is 0 Å². The van der Waals surface area contributed by atoms with E-state index in [-0.39, 0.29) is 0 Å². The van der Waals surface area contributed by atoms with Gasteiger partial charge in [0.1, 0.15) is 17.3 Å². The molecule has 1 aromatic heterocycles. The Hall–Kier alpha value is -0.830. The molecule has 0 aromatic carbocycles. The van der Waals surface area contributed by atoms with Crippen molar-refractivity contribution in [2.75, 3.05) is 11.9 Å². The fourth-order valence-corrected chi connectivity index (χ4v) is 2.72. The zero-order chi connectivity index (χ0) is 11.5. The molecule has 1 fully saturated rings. The standard InChI is InChI=1S/C12H18ClN3/c1-3-10-11(13)14-8-15-12(10)16(2)9-6-4-5-7-9/h8-9H,3-7H2,1-2H3. The highest BCUT2D eigenvalue weighted by molar-refractivity contribution is 6.30. The third kappa shape index (κ3) is 2.14. The van der Waals surface area contributed by atoms with E-state index < -0.39 is 0 Å². The predicted molar refractivity (Wildman–Crippen MR) is 67.1 cm³/mol. The normalized spacial score (nSPS) is 16.7. The number of anilines is 1. The first-order valence-corrected chi connectivity index (χ1v) is 6.34. The second kappa shape index (κ2) is 5.00. The van der Waals surface area contributed by atoms with Gasteiger partial charge in [0.2, 0.25) is 0 Å². The Morgan fingerprint density at radius 3 is 2.69 bits per heavy atom. The molecule has 4 heteroatoms. The van der Waals surface area contributed by atoms with Gasteiger partial charge in [0.25, 0.3) is 0 Å². The van der Waals surface area contributed by atoms with Gasteiger partial charge < -0.3 is 4.90 Å². The lowest BCUT2D eigenvalue weighted by molar-refractivity contribution is 0.642. The summed E-state index contributed by atoms with van der Waals surface area (Å²) in [5.74, 6) is 1.01. The van der Waals surface area contributed by atoms with E-state index in [1.165, 1.54) is 25.7 Å². The van der Waals surface area contributed by atoms with Crippen molar-refractivity contribution in [3.8, 4) is 0 Å². The van der Waals surface area contributed by atoms with Crippen molar-refractivity contribution in [2.45, 2.75) is 45.1 Å². The van der Waals surface area contributed by atoms with Crippen molar-refractivity contribution in [1.82, 2.24) is 9.97 Å². The molecule has 1 heterocycles. The van der Waals surface area contributed by atoms with Crippen LogP contribution in [0.1, 0.15) is 38.2 Å². The van der Waals surface area contributed by atoms with E-state index in [1.807, 2.05) is 0 Å². The molecule has 3 nitrogen and oxygen atoms in total. The molecule has 0 saturated heterocycles. The summed E-state index contributed by atoms with van der Waals surface area (Å²) >= 11 is 6.10. The van der Waals surface area contributed by atoms with Crippen LogP contribution in [-0.4, -0.2) is 23.1 Å². The summed E-state index contributed by atoms with van der Waals surface area (Å²) in [6.45, 7) is 2.09. The Morgan fingerprint density at radius 1 is 1.38 bits per heavy atom. The first-order chi connectivity index (χ1) is 7.74. The summed E-state index contributed by atoms with van der Waals surface area (Å²) in [5, 5.41) is 0.595. The Balaban J connectivity index is 2.27. The molecule has 0 bridgehead atoms. The van der Waals surface area contributed by atoms with E-state index in [1.54, 1.807) is 6.33 Å². The lowest BCUT2D eigenvalue weighted by Crippen LogP contribution is -2.30. The van der Waals surface area contributed by atoms with E-state index in [2.05, 4.69) is 28.8 Å². The minimum absolute atomic E-state index is 0.595. The van der Waals surface area contributed by atoms with Crippen molar-refractivity contribution < 1.29 is 0 Å². The van der Waals surface area contributed by atoms with Crippen LogP contribution in [0.4, 0.5) is 5.82 Å². The summed E-state index contributed by atoms with van der Waals surface area (Å²) in [5.41, 5.74) is 1.07. The van der Waals surface area contributed by atoms with Crippen molar-refractivity contribution in [2.24, 2.45) is 0 Å². The van der Waals surface area contributed by atoms with E-state index in [0.29, 0.717) is 11.2 Å². The summed E-state index contributed by atoms with van der Waals surface area (Å²) < 4.78 is 0. The largest absolute Gasteiger partial charge is 0.356 e. The molecule has 0 spiro atoms. The van der Waals surface area contributed by atoms with Crippen LogP contribution in [0.3, 0.4) is 0 Å². The fourth-order valence-electron chi connectivity index (χ4n) is 2.45. The molecule has 0 atom stereocenters. The molecule has 0 aliphatic heterocycles. The number of hydrogen-bond acceptors (Lipinski definition) is 3. The molecule has 0 N–H and O–H groups in total. The van der Waals surface area contributed by atoms with Gasteiger partial charge in [-0.15, -0.1) is 0 Å². The molecule has 88 valence electrons. The Labute approximate surface area is 102 Å². The minimum Gasteiger partial charge on any atom is -0.356 e. The average Bonchev–Trinajstić information content (AvgIpc) is 2.81. The van der Waals surface area contributed by atoms with E-state index in [0.717, 1.165) is 17.8 Å². The van der Waals surface area contributed by atoms with Crippen LogP contribution >= 0.6 is 11.6 Å². The van der Waals surface area contributed by atoms with Gasteiger partial charge in [-0.25, -0.2) is 9.97 Å². The number of rotatable bonds is 3. The molecule has 2 rings (SSSR count).